The molecule has 94 valence electrons. The van der Waals surface area contributed by atoms with Crippen molar-refractivity contribution >= 4 is 17.7 Å². The van der Waals surface area contributed by atoms with E-state index < -0.39 is 11.2 Å². The first kappa shape index (κ1) is 12.6. The topological polar surface area (TPSA) is 80.9 Å². The minimum Gasteiger partial charge on any atom is -0.480 e. The molecule has 0 aliphatic heterocycles. The summed E-state index contributed by atoms with van der Waals surface area (Å²) >= 11 is 1.11. The SMILES string of the molecule is Cc1cccc(-n2nnnc2SC(C)C(=O)O)c1. The summed E-state index contributed by atoms with van der Waals surface area (Å²) in [5, 5.41) is 20.1. The van der Waals surface area contributed by atoms with E-state index in [0.717, 1.165) is 23.0 Å². The molecule has 2 aromatic rings. The van der Waals surface area contributed by atoms with E-state index in [1.807, 2.05) is 31.2 Å². The van der Waals surface area contributed by atoms with Crippen LogP contribution in [0.15, 0.2) is 29.4 Å². The summed E-state index contributed by atoms with van der Waals surface area (Å²) in [6, 6.07) is 7.69. The minimum atomic E-state index is -0.890. The van der Waals surface area contributed by atoms with Crippen LogP contribution in [0.3, 0.4) is 0 Å². The summed E-state index contributed by atoms with van der Waals surface area (Å²) in [5.74, 6) is -0.890. The molecule has 0 spiro atoms. The maximum absolute atomic E-state index is 10.8. The van der Waals surface area contributed by atoms with Crippen LogP contribution in [-0.2, 0) is 4.79 Å². The number of carboxylic acids is 1. The van der Waals surface area contributed by atoms with Crippen LogP contribution in [0.2, 0.25) is 0 Å². The first-order valence-corrected chi connectivity index (χ1v) is 6.21. The van der Waals surface area contributed by atoms with Crippen molar-refractivity contribution in [3.05, 3.63) is 29.8 Å². The molecule has 0 saturated heterocycles. The first-order valence-electron chi connectivity index (χ1n) is 5.33. The number of tetrazole rings is 1. The summed E-state index contributed by atoms with van der Waals surface area (Å²) in [7, 11) is 0. The Hall–Kier alpha value is -1.89. The molecule has 1 heterocycles. The van der Waals surface area contributed by atoms with E-state index in [4.69, 9.17) is 5.11 Å². The van der Waals surface area contributed by atoms with Crippen LogP contribution in [-0.4, -0.2) is 36.5 Å². The van der Waals surface area contributed by atoms with Crippen LogP contribution < -0.4 is 0 Å². The predicted octanol–water partition coefficient (Wildman–Crippen LogP) is 1.54. The Morgan fingerprint density at radius 3 is 2.94 bits per heavy atom. The first-order chi connectivity index (χ1) is 8.58. The number of aryl methyl sites for hydroxylation is 1. The molecule has 0 aliphatic carbocycles. The van der Waals surface area contributed by atoms with Gasteiger partial charge < -0.3 is 5.11 Å². The second kappa shape index (κ2) is 5.18. The molecule has 1 aromatic heterocycles. The molecular weight excluding hydrogens is 252 g/mol. The third kappa shape index (κ3) is 2.67. The van der Waals surface area contributed by atoms with Gasteiger partial charge in [-0.1, -0.05) is 23.9 Å². The fraction of sp³-hybridized carbons (Fsp3) is 0.273. The summed E-state index contributed by atoms with van der Waals surface area (Å²) in [4.78, 5) is 10.8. The number of rotatable bonds is 4. The third-order valence-corrected chi connectivity index (χ3v) is 3.34. The number of carbonyl (C=O) groups is 1. The number of carboxylic acid groups (broad SMARTS) is 1. The van der Waals surface area contributed by atoms with E-state index in [9.17, 15) is 4.79 Å². The van der Waals surface area contributed by atoms with Crippen molar-refractivity contribution in [2.75, 3.05) is 0 Å². The molecule has 0 amide bonds. The molecule has 0 fully saturated rings. The van der Waals surface area contributed by atoms with Gasteiger partial charge in [-0.15, -0.1) is 5.10 Å². The summed E-state index contributed by atoms with van der Waals surface area (Å²) in [6.07, 6.45) is 0. The Balaban J connectivity index is 2.30. The van der Waals surface area contributed by atoms with Gasteiger partial charge in [-0.05, 0) is 42.0 Å². The van der Waals surface area contributed by atoms with Gasteiger partial charge >= 0.3 is 5.97 Å². The lowest BCUT2D eigenvalue weighted by Crippen LogP contribution is -2.12. The minimum absolute atomic E-state index is 0.468. The highest BCUT2D eigenvalue weighted by molar-refractivity contribution is 8.00. The van der Waals surface area contributed by atoms with Crippen molar-refractivity contribution in [2.24, 2.45) is 0 Å². The lowest BCUT2D eigenvalue weighted by Gasteiger charge is -2.07. The molecule has 0 bridgehead atoms. The quantitative estimate of drug-likeness (QED) is 0.843. The van der Waals surface area contributed by atoms with Gasteiger partial charge in [0.15, 0.2) is 0 Å². The zero-order valence-electron chi connectivity index (χ0n) is 9.94. The number of benzene rings is 1. The van der Waals surface area contributed by atoms with Crippen LogP contribution >= 0.6 is 11.8 Å². The van der Waals surface area contributed by atoms with Gasteiger partial charge in [-0.25, -0.2) is 0 Å². The number of thioether (sulfide) groups is 1. The molecule has 1 N–H and O–H groups in total. The molecule has 0 saturated carbocycles. The molecule has 1 unspecified atom stereocenters. The molecule has 0 aliphatic rings. The summed E-state index contributed by atoms with van der Waals surface area (Å²) < 4.78 is 1.54. The molecule has 0 radical (unpaired) electrons. The van der Waals surface area contributed by atoms with Crippen molar-refractivity contribution in [1.29, 1.82) is 0 Å². The lowest BCUT2D eigenvalue weighted by atomic mass is 10.2. The van der Waals surface area contributed by atoms with Crippen LogP contribution in [0.4, 0.5) is 0 Å². The number of aliphatic carboxylic acids is 1. The summed E-state index contributed by atoms with van der Waals surface area (Å²) in [6.45, 7) is 3.57. The average molecular weight is 264 g/mol. The van der Waals surface area contributed by atoms with Gasteiger partial charge in [0.1, 0.15) is 5.25 Å². The zero-order valence-corrected chi connectivity index (χ0v) is 10.8. The average Bonchev–Trinajstić information content (AvgIpc) is 2.77. The number of aromatic nitrogens is 4. The molecule has 6 nitrogen and oxygen atoms in total. The fourth-order valence-corrected chi connectivity index (χ4v) is 2.13. The second-order valence-electron chi connectivity index (χ2n) is 3.81. The number of hydrogen-bond acceptors (Lipinski definition) is 5. The molecular formula is C11H12N4O2S. The molecule has 18 heavy (non-hydrogen) atoms. The van der Waals surface area contributed by atoms with E-state index in [2.05, 4.69) is 15.5 Å². The van der Waals surface area contributed by atoms with E-state index in [1.165, 1.54) is 4.68 Å². The Morgan fingerprint density at radius 2 is 2.28 bits per heavy atom. The van der Waals surface area contributed by atoms with E-state index in [0.29, 0.717) is 5.16 Å². The molecule has 2 rings (SSSR count). The van der Waals surface area contributed by atoms with Gasteiger partial charge in [-0.3, -0.25) is 4.79 Å². The fourth-order valence-electron chi connectivity index (χ4n) is 1.38. The van der Waals surface area contributed by atoms with Gasteiger partial charge in [0, 0.05) is 0 Å². The monoisotopic (exact) mass is 264 g/mol. The Bertz CT molecular complexity index is 570. The normalized spacial score (nSPS) is 12.3. The number of hydrogen-bond donors (Lipinski definition) is 1. The highest BCUT2D eigenvalue weighted by atomic mass is 32.2. The molecule has 1 aromatic carbocycles. The van der Waals surface area contributed by atoms with Crippen molar-refractivity contribution in [3.63, 3.8) is 0 Å². The zero-order chi connectivity index (χ0) is 13.1. The smallest absolute Gasteiger partial charge is 0.316 e. The van der Waals surface area contributed by atoms with Crippen molar-refractivity contribution in [1.82, 2.24) is 20.2 Å². The van der Waals surface area contributed by atoms with Crippen LogP contribution in [0.5, 0.6) is 0 Å². The predicted molar refractivity (Wildman–Crippen MR) is 66.8 cm³/mol. The third-order valence-electron chi connectivity index (χ3n) is 2.32. The van der Waals surface area contributed by atoms with Gasteiger partial charge in [0.2, 0.25) is 5.16 Å². The Kier molecular flexibility index (Phi) is 3.61. The Morgan fingerprint density at radius 1 is 1.50 bits per heavy atom. The number of nitrogens with zero attached hydrogens (tertiary/aromatic N) is 4. The molecule has 7 heteroatoms. The maximum Gasteiger partial charge on any atom is 0.316 e. The van der Waals surface area contributed by atoms with Crippen molar-refractivity contribution in [3.8, 4) is 5.69 Å². The maximum atomic E-state index is 10.8. The standard InChI is InChI=1S/C11H12N4O2S/c1-7-4-3-5-9(6-7)15-11(12-13-14-15)18-8(2)10(16)17/h3-6,8H,1-2H3,(H,16,17). The van der Waals surface area contributed by atoms with Crippen molar-refractivity contribution < 1.29 is 9.90 Å². The van der Waals surface area contributed by atoms with E-state index in [1.54, 1.807) is 6.92 Å². The van der Waals surface area contributed by atoms with E-state index >= 15 is 0 Å². The van der Waals surface area contributed by atoms with Gasteiger partial charge in [0.25, 0.3) is 0 Å². The van der Waals surface area contributed by atoms with Crippen LogP contribution in [0, 0.1) is 6.92 Å². The Labute approximate surface area is 108 Å². The summed E-state index contributed by atoms with van der Waals surface area (Å²) in [5.41, 5.74) is 1.91. The highest BCUT2D eigenvalue weighted by Crippen LogP contribution is 2.23. The van der Waals surface area contributed by atoms with Gasteiger partial charge in [-0.2, -0.15) is 4.68 Å². The van der Waals surface area contributed by atoms with E-state index in [-0.39, 0.29) is 0 Å². The van der Waals surface area contributed by atoms with Crippen LogP contribution in [0.1, 0.15) is 12.5 Å². The largest absolute Gasteiger partial charge is 0.480 e. The highest BCUT2D eigenvalue weighted by Gasteiger charge is 2.18. The van der Waals surface area contributed by atoms with Crippen LogP contribution in [0.25, 0.3) is 5.69 Å². The van der Waals surface area contributed by atoms with Crippen molar-refractivity contribution in [2.45, 2.75) is 24.3 Å². The second-order valence-corrected chi connectivity index (χ2v) is 5.12. The molecule has 1 atom stereocenters. The van der Waals surface area contributed by atoms with Gasteiger partial charge in [0.05, 0.1) is 5.69 Å². The lowest BCUT2D eigenvalue weighted by molar-refractivity contribution is -0.136.